The van der Waals surface area contributed by atoms with Crippen LogP contribution in [0.5, 0.6) is 0 Å². The fourth-order valence-corrected chi connectivity index (χ4v) is 4.40. The summed E-state index contributed by atoms with van der Waals surface area (Å²) in [5.74, 6) is -0.448. The highest BCUT2D eigenvalue weighted by atomic mass is 35.5. The average molecular weight is 457 g/mol. The first-order chi connectivity index (χ1) is 15.8. The van der Waals surface area contributed by atoms with Crippen molar-refractivity contribution in [1.82, 2.24) is 4.57 Å². The van der Waals surface area contributed by atoms with Gasteiger partial charge < -0.3 is 9.88 Å². The second-order valence-corrected chi connectivity index (χ2v) is 8.60. The van der Waals surface area contributed by atoms with Crippen LogP contribution in [0.1, 0.15) is 32.7 Å². The van der Waals surface area contributed by atoms with Gasteiger partial charge >= 0.3 is 0 Å². The summed E-state index contributed by atoms with van der Waals surface area (Å²) in [6, 6.07) is 22.4. The van der Waals surface area contributed by atoms with Gasteiger partial charge in [-0.25, -0.2) is 0 Å². The number of halogens is 1. The van der Waals surface area contributed by atoms with Crippen LogP contribution in [0.3, 0.4) is 0 Å². The van der Waals surface area contributed by atoms with Crippen molar-refractivity contribution < 1.29 is 4.79 Å². The molecule has 0 aliphatic rings. The molecule has 4 nitrogen and oxygen atoms in total. The van der Waals surface area contributed by atoms with Crippen molar-refractivity contribution in [1.29, 1.82) is 0 Å². The number of rotatable bonds is 4. The molecule has 1 N–H and O–H groups in total. The Morgan fingerprint density at radius 1 is 0.818 bits per heavy atom. The van der Waals surface area contributed by atoms with Crippen molar-refractivity contribution in [2.24, 2.45) is 0 Å². The van der Waals surface area contributed by atoms with Gasteiger partial charge in [0.15, 0.2) is 5.43 Å². The number of carbonyl (C=O) groups excluding carboxylic acids is 1. The molecule has 4 rings (SSSR count). The van der Waals surface area contributed by atoms with Crippen molar-refractivity contribution in [3.8, 4) is 16.9 Å². The number of pyridine rings is 1. The molecule has 0 aliphatic carbocycles. The van der Waals surface area contributed by atoms with E-state index in [9.17, 15) is 9.59 Å². The molecule has 5 heteroatoms. The number of benzene rings is 3. The van der Waals surface area contributed by atoms with Crippen LogP contribution in [0.15, 0.2) is 77.6 Å². The van der Waals surface area contributed by atoms with Gasteiger partial charge in [-0.2, -0.15) is 0 Å². The summed E-state index contributed by atoms with van der Waals surface area (Å²) in [7, 11) is 0. The molecule has 1 aromatic heterocycles. The molecule has 3 aromatic carbocycles. The SMILES string of the molecule is Cc1ccccc1-c1c(C(=O)Nc2c(C)cccc2C)c(=O)cc(C)n1-c1ccccc1Cl. The maximum Gasteiger partial charge on any atom is 0.261 e. The van der Waals surface area contributed by atoms with Crippen LogP contribution in [0.2, 0.25) is 5.02 Å². The highest BCUT2D eigenvalue weighted by Crippen LogP contribution is 2.33. The predicted octanol–water partition coefficient (Wildman–Crippen LogP) is 6.64. The Labute approximate surface area is 198 Å². The topological polar surface area (TPSA) is 51.1 Å². The van der Waals surface area contributed by atoms with Crippen molar-refractivity contribution in [3.63, 3.8) is 0 Å². The molecule has 0 spiro atoms. The van der Waals surface area contributed by atoms with E-state index in [1.54, 1.807) is 6.07 Å². The molecule has 4 aromatic rings. The van der Waals surface area contributed by atoms with Gasteiger partial charge in [0.25, 0.3) is 5.91 Å². The third-order valence-corrected chi connectivity index (χ3v) is 6.16. The smallest absolute Gasteiger partial charge is 0.261 e. The maximum atomic E-state index is 13.7. The number of aromatic nitrogens is 1. The lowest BCUT2D eigenvalue weighted by Gasteiger charge is -2.22. The Balaban J connectivity index is 2.05. The summed E-state index contributed by atoms with van der Waals surface area (Å²) < 4.78 is 1.89. The van der Waals surface area contributed by atoms with Crippen LogP contribution in [0, 0.1) is 27.7 Å². The molecule has 1 amide bonds. The summed E-state index contributed by atoms with van der Waals surface area (Å²) in [5.41, 5.74) is 5.98. The summed E-state index contributed by atoms with van der Waals surface area (Å²) in [6.07, 6.45) is 0. The van der Waals surface area contributed by atoms with E-state index in [-0.39, 0.29) is 11.0 Å². The van der Waals surface area contributed by atoms with E-state index in [4.69, 9.17) is 11.6 Å². The minimum Gasteiger partial charge on any atom is -0.321 e. The molecule has 0 saturated heterocycles. The molecule has 0 aliphatic heterocycles. The lowest BCUT2D eigenvalue weighted by molar-refractivity contribution is 0.102. The van der Waals surface area contributed by atoms with Gasteiger partial charge in [0.1, 0.15) is 5.56 Å². The molecule has 0 fully saturated rings. The molecular formula is C28H25ClN2O2. The Morgan fingerprint density at radius 2 is 1.42 bits per heavy atom. The summed E-state index contributed by atoms with van der Waals surface area (Å²) in [4.78, 5) is 27.0. The summed E-state index contributed by atoms with van der Waals surface area (Å²) in [6.45, 7) is 7.68. The van der Waals surface area contributed by atoms with E-state index in [1.165, 1.54) is 6.07 Å². The zero-order valence-corrected chi connectivity index (χ0v) is 19.8. The molecule has 0 bridgehead atoms. The van der Waals surface area contributed by atoms with Gasteiger partial charge in [-0.3, -0.25) is 9.59 Å². The summed E-state index contributed by atoms with van der Waals surface area (Å²) in [5, 5.41) is 3.52. The molecule has 0 radical (unpaired) electrons. The second kappa shape index (κ2) is 9.08. The van der Waals surface area contributed by atoms with Crippen molar-refractivity contribution in [3.05, 3.63) is 116 Å². The predicted molar refractivity (Wildman–Crippen MR) is 136 cm³/mol. The van der Waals surface area contributed by atoms with Gasteiger partial charge in [-0.15, -0.1) is 0 Å². The molecule has 1 heterocycles. The van der Waals surface area contributed by atoms with E-state index in [0.29, 0.717) is 27.8 Å². The largest absolute Gasteiger partial charge is 0.321 e. The minimum absolute atomic E-state index is 0.0810. The fourth-order valence-electron chi connectivity index (χ4n) is 4.18. The van der Waals surface area contributed by atoms with Crippen LogP contribution in [-0.2, 0) is 0 Å². The lowest BCUT2D eigenvalue weighted by Crippen LogP contribution is -2.27. The number of amides is 1. The van der Waals surface area contributed by atoms with Gasteiger partial charge in [-0.1, -0.05) is 66.2 Å². The fraction of sp³-hybridized carbons (Fsp3) is 0.143. The zero-order chi connectivity index (χ0) is 23.7. The zero-order valence-electron chi connectivity index (χ0n) is 19.1. The highest BCUT2D eigenvalue weighted by molar-refractivity contribution is 6.32. The Hall–Kier alpha value is -3.63. The normalized spacial score (nSPS) is 10.8. The number of carbonyl (C=O) groups is 1. The Bertz CT molecular complexity index is 1420. The quantitative estimate of drug-likeness (QED) is 0.374. The van der Waals surface area contributed by atoms with E-state index < -0.39 is 5.91 Å². The summed E-state index contributed by atoms with van der Waals surface area (Å²) >= 11 is 6.57. The first kappa shape index (κ1) is 22.6. The molecular weight excluding hydrogens is 432 g/mol. The van der Waals surface area contributed by atoms with Crippen LogP contribution >= 0.6 is 11.6 Å². The van der Waals surface area contributed by atoms with E-state index in [1.807, 2.05) is 92.9 Å². The number of hydrogen-bond acceptors (Lipinski definition) is 2. The van der Waals surface area contributed by atoms with Gasteiger partial charge in [-0.05, 0) is 56.5 Å². The molecule has 0 unspecified atom stereocenters. The Morgan fingerprint density at radius 3 is 2.09 bits per heavy atom. The van der Waals surface area contributed by atoms with E-state index in [0.717, 1.165) is 22.3 Å². The number of aryl methyl sites for hydroxylation is 4. The number of hydrogen-bond donors (Lipinski definition) is 1. The van der Waals surface area contributed by atoms with Crippen molar-refractivity contribution in [2.75, 3.05) is 5.32 Å². The molecule has 0 saturated carbocycles. The van der Waals surface area contributed by atoms with E-state index >= 15 is 0 Å². The van der Waals surface area contributed by atoms with Crippen LogP contribution in [0.25, 0.3) is 16.9 Å². The van der Waals surface area contributed by atoms with Gasteiger partial charge in [0.05, 0.1) is 16.4 Å². The van der Waals surface area contributed by atoms with Crippen LogP contribution in [-0.4, -0.2) is 10.5 Å². The molecule has 0 atom stereocenters. The minimum atomic E-state index is -0.448. The third-order valence-electron chi connectivity index (χ3n) is 5.84. The van der Waals surface area contributed by atoms with Crippen LogP contribution < -0.4 is 10.7 Å². The number of para-hydroxylation sites is 2. The van der Waals surface area contributed by atoms with E-state index in [2.05, 4.69) is 5.32 Å². The highest BCUT2D eigenvalue weighted by Gasteiger charge is 2.25. The number of nitrogens with one attached hydrogen (secondary N) is 1. The van der Waals surface area contributed by atoms with Crippen LogP contribution in [0.4, 0.5) is 5.69 Å². The van der Waals surface area contributed by atoms with Crippen molar-refractivity contribution >= 4 is 23.2 Å². The van der Waals surface area contributed by atoms with Gasteiger partial charge in [0.2, 0.25) is 0 Å². The molecule has 166 valence electrons. The maximum absolute atomic E-state index is 13.7. The second-order valence-electron chi connectivity index (χ2n) is 8.20. The Kier molecular flexibility index (Phi) is 6.21. The van der Waals surface area contributed by atoms with Gasteiger partial charge in [0, 0.05) is 23.0 Å². The monoisotopic (exact) mass is 456 g/mol. The van der Waals surface area contributed by atoms with Crippen molar-refractivity contribution in [2.45, 2.75) is 27.7 Å². The number of anilines is 1. The number of nitrogens with zero attached hydrogens (tertiary/aromatic N) is 1. The average Bonchev–Trinajstić information content (AvgIpc) is 2.77. The third kappa shape index (κ3) is 4.22. The standard InChI is InChI=1S/C28H25ClN2O2/c1-17-10-5-6-13-21(17)27-25(28(33)30-26-18(2)11-9-12-19(26)3)24(32)16-20(4)31(27)23-15-8-7-14-22(23)29/h5-16H,1-4H3,(H,30,33). The lowest BCUT2D eigenvalue weighted by atomic mass is 9.98. The first-order valence-corrected chi connectivity index (χ1v) is 11.1. The molecule has 33 heavy (non-hydrogen) atoms. The first-order valence-electron chi connectivity index (χ1n) is 10.7.